The minimum Gasteiger partial charge on any atom is -0.368 e. The maximum atomic E-state index is 4.94. The van der Waals surface area contributed by atoms with Crippen LogP contribution in [0.3, 0.4) is 0 Å². The van der Waals surface area contributed by atoms with Crippen LogP contribution in [-0.2, 0) is 0 Å². The number of nitrogens with one attached hydrogen (secondary N) is 1. The Hall–Kier alpha value is -3.32. The molecule has 1 fully saturated rings. The van der Waals surface area contributed by atoms with Gasteiger partial charge in [0.25, 0.3) is 0 Å². The second-order valence-corrected chi connectivity index (χ2v) is 8.36. The lowest BCUT2D eigenvalue weighted by molar-refractivity contribution is 0.209. The maximum absolute atomic E-state index is 4.94. The van der Waals surface area contributed by atoms with Crippen LogP contribution in [0, 0.1) is 6.92 Å². The molecule has 31 heavy (non-hydrogen) atoms. The fraction of sp³-hybridized carbons (Fsp3) is 0.333. The summed E-state index contributed by atoms with van der Waals surface area (Å²) in [7, 11) is 0. The van der Waals surface area contributed by atoms with Crippen molar-refractivity contribution >= 4 is 16.7 Å². The molecule has 1 aliphatic heterocycles. The number of aromatic nitrogens is 5. The van der Waals surface area contributed by atoms with Crippen LogP contribution in [0.4, 0.5) is 5.69 Å². The van der Waals surface area contributed by atoms with Crippen LogP contribution in [0.5, 0.6) is 0 Å². The van der Waals surface area contributed by atoms with Crippen molar-refractivity contribution in [2.45, 2.75) is 26.8 Å². The summed E-state index contributed by atoms with van der Waals surface area (Å²) >= 11 is 0. The second kappa shape index (κ2) is 8.07. The van der Waals surface area contributed by atoms with Gasteiger partial charge >= 0.3 is 0 Å². The van der Waals surface area contributed by atoms with Crippen LogP contribution in [0.15, 0.2) is 48.8 Å². The van der Waals surface area contributed by atoms with Crippen LogP contribution < -0.4 is 4.90 Å². The zero-order valence-corrected chi connectivity index (χ0v) is 18.2. The normalized spacial score (nSPS) is 15.2. The van der Waals surface area contributed by atoms with Crippen molar-refractivity contribution < 1.29 is 0 Å². The molecule has 1 aliphatic rings. The first-order valence-electron chi connectivity index (χ1n) is 10.8. The molecule has 4 aromatic rings. The Morgan fingerprint density at radius 2 is 1.77 bits per heavy atom. The minimum absolute atomic E-state index is 0.591. The molecule has 0 radical (unpaired) electrons. The smallest absolute Gasteiger partial charge is 0.120 e. The van der Waals surface area contributed by atoms with Gasteiger partial charge in [0.05, 0.1) is 34.3 Å². The first-order valence-corrected chi connectivity index (χ1v) is 10.8. The van der Waals surface area contributed by atoms with Gasteiger partial charge < -0.3 is 4.90 Å². The molecular weight excluding hydrogens is 386 g/mol. The summed E-state index contributed by atoms with van der Waals surface area (Å²) in [6.45, 7) is 10.7. The largest absolute Gasteiger partial charge is 0.368 e. The topological polar surface area (TPSA) is 73.8 Å². The number of hydrogen-bond donors (Lipinski definition) is 1. The standard InChI is InChI=1S/C24H27N7/c1-16(2)30-9-11-31(12-10-30)18-13-23-21(25-14-18)8-7-20(28-23)19-15-26-29-24(19)22-6-4-5-17(3)27-22/h4-8,13-16H,9-12H2,1-3H3,(H,26,29). The number of anilines is 1. The quantitative estimate of drug-likeness (QED) is 0.547. The summed E-state index contributed by atoms with van der Waals surface area (Å²) in [5.74, 6) is 0. The molecule has 7 heteroatoms. The van der Waals surface area contributed by atoms with E-state index in [9.17, 15) is 0 Å². The van der Waals surface area contributed by atoms with Crippen molar-refractivity contribution in [2.24, 2.45) is 0 Å². The third-order valence-corrected chi connectivity index (χ3v) is 5.98. The second-order valence-electron chi connectivity index (χ2n) is 8.36. The highest BCUT2D eigenvalue weighted by atomic mass is 15.3. The molecule has 0 amide bonds. The Balaban J connectivity index is 1.47. The lowest BCUT2D eigenvalue weighted by atomic mass is 10.1. The van der Waals surface area contributed by atoms with Crippen molar-refractivity contribution in [1.29, 1.82) is 0 Å². The van der Waals surface area contributed by atoms with Crippen LogP contribution in [0.2, 0.25) is 0 Å². The summed E-state index contributed by atoms with van der Waals surface area (Å²) in [4.78, 5) is 19.2. The Labute approximate surface area is 182 Å². The monoisotopic (exact) mass is 413 g/mol. The molecule has 158 valence electrons. The van der Waals surface area contributed by atoms with E-state index in [1.165, 1.54) is 0 Å². The molecule has 7 nitrogen and oxygen atoms in total. The zero-order valence-electron chi connectivity index (χ0n) is 18.2. The number of nitrogens with zero attached hydrogens (tertiary/aromatic N) is 6. The molecule has 0 spiro atoms. The van der Waals surface area contributed by atoms with E-state index in [1.807, 2.05) is 49.6 Å². The summed E-state index contributed by atoms with van der Waals surface area (Å²) in [6, 6.07) is 12.7. The van der Waals surface area contributed by atoms with Gasteiger partial charge in [-0.05, 0) is 51.1 Å². The van der Waals surface area contributed by atoms with Crippen LogP contribution >= 0.6 is 0 Å². The first-order chi connectivity index (χ1) is 15.1. The van der Waals surface area contributed by atoms with E-state index in [-0.39, 0.29) is 0 Å². The molecule has 0 saturated carbocycles. The fourth-order valence-corrected chi connectivity index (χ4v) is 4.17. The lowest BCUT2D eigenvalue weighted by Crippen LogP contribution is -2.48. The van der Waals surface area contributed by atoms with E-state index in [4.69, 9.17) is 4.98 Å². The number of H-pyrrole nitrogens is 1. The number of piperazine rings is 1. The molecular formula is C24H27N7. The Morgan fingerprint density at radius 1 is 0.935 bits per heavy atom. The number of aryl methyl sites for hydroxylation is 1. The molecule has 5 heterocycles. The minimum atomic E-state index is 0.591. The van der Waals surface area contributed by atoms with E-state index in [0.29, 0.717) is 6.04 Å². The maximum Gasteiger partial charge on any atom is 0.120 e. The van der Waals surface area contributed by atoms with E-state index in [0.717, 1.165) is 71.2 Å². The number of fused-ring (bicyclic) bond motifs is 1. The summed E-state index contributed by atoms with van der Waals surface area (Å²) in [5, 5.41) is 7.42. The van der Waals surface area contributed by atoms with Crippen molar-refractivity contribution in [3.8, 4) is 22.6 Å². The molecule has 0 bridgehead atoms. The summed E-state index contributed by atoms with van der Waals surface area (Å²) in [5.41, 5.74) is 7.34. The van der Waals surface area contributed by atoms with Crippen molar-refractivity contribution in [2.75, 3.05) is 31.1 Å². The number of aromatic amines is 1. The van der Waals surface area contributed by atoms with Gasteiger partial charge in [0, 0.05) is 49.7 Å². The van der Waals surface area contributed by atoms with Gasteiger partial charge in [-0.15, -0.1) is 0 Å². The van der Waals surface area contributed by atoms with Gasteiger partial charge in [0.1, 0.15) is 5.69 Å². The Bertz CT molecular complexity index is 1210. The van der Waals surface area contributed by atoms with Gasteiger partial charge in [-0.25, -0.2) is 4.98 Å². The number of rotatable bonds is 4. The summed E-state index contributed by atoms with van der Waals surface area (Å²) in [6.07, 6.45) is 3.85. The first kappa shape index (κ1) is 19.6. The summed E-state index contributed by atoms with van der Waals surface area (Å²) < 4.78 is 0. The fourth-order valence-electron chi connectivity index (χ4n) is 4.17. The van der Waals surface area contributed by atoms with Crippen molar-refractivity contribution in [1.82, 2.24) is 30.0 Å². The van der Waals surface area contributed by atoms with Crippen LogP contribution in [-0.4, -0.2) is 62.3 Å². The van der Waals surface area contributed by atoms with E-state index < -0.39 is 0 Å². The molecule has 0 aromatic carbocycles. The third kappa shape index (κ3) is 3.88. The predicted octanol–water partition coefficient (Wildman–Crippen LogP) is 3.92. The molecule has 4 aromatic heterocycles. The highest BCUT2D eigenvalue weighted by Crippen LogP contribution is 2.30. The molecule has 1 saturated heterocycles. The van der Waals surface area contributed by atoms with Gasteiger partial charge in [0.15, 0.2) is 0 Å². The molecule has 0 unspecified atom stereocenters. The van der Waals surface area contributed by atoms with Crippen molar-refractivity contribution in [3.05, 3.63) is 54.5 Å². The molecule has 0 aliphatic carbocycles. The van der Waals surface area contributed by atoms with Crippen LogP contribution in [0.1, 0.15) is 19.5 Å². The molecule has 5 rings (SSSR count). The highest BCUT2D eigenvalue weighted by Gasteiger charge is 2.20. The Morgan fingerprint density at radius 3 is 2.55 bits per heavy atom. The predicted molar refractivity (Wildman–Crippen MR) is 124 cm³/mol. The Kier molecular flexibility index (Phi) is 5.11. The average Bonchev–Trinajstić information content (AvgIpc) is 3.28. The average molecular weight is 414 g/mol. The number of pyridine rings is 3. The van der Waals surface area contributed by atoms with Gasteiger partial charge in [-0.3, -0.25) is 20.0 Å². The van der Waals surface area contributed by atoms with E-state index in [2.05, 4.69) is 49.9 Å². The van der Waals surface area contributed by atoms with Crippen LogP contribution in [0.25, 0.3) is 33.7 Å². The van der Waals surface area contributed by atoms with E-state index in [1.54, 1.807) is 0 Å². The zero-order chi connectivity index (χ0) is 21.4. The highest BCUT2D eigenvalue weighted by molar-refractivity contribution is 5.84. The number of hydrogen-bond acceptors (Lipinski definition) is 6. The van der Waals surface area contributed by atoms with Crippen molar-refractivity contribution in [3.63, 3.8) is 0 Å². The lowest BCUT2D eigenvalue weighted by Gasteiger charge is -2.38. The van der Waals surface area contributed by atoms with Gasteiger partial charge in [0.2, 0.25) is 0 Å². The van der Waals surface area contributed by atoms with Gasteiger partial charge in [-0.2, -0.15) is 5.10 Å². The SMILES string of the molecule is Cc1cccc(-c2n[nH]cc2-c2ccc3ncc(N4CCN(C(C)C)CC4)cc3n2)n1. The third-order valence-electron chi connectivity index (χ3n) is 5.98. The van der Waals surface area contributed by atoms with E-state index >= 15 is 0 Å². The van der Waals surface area contributed by atoms with Gasteiger partial charge in [-0.1, -0.05) is 6.07 Å². The molecule has 1 N–H and O–H groups in total. The molecule has 0 atom stereocenters.